The van der Waals surface area contributed by atoms with Gasteiger partial charge in [0.15, 0.2) is 5.82 Å². The molecule has 5 rings (SSSR count). The van der Waals surface area contributed by atoms with Gasteiger partial charge in [0.2, 0.25) is 5.91 Å². The fourth-order valence-corrected chi connectivity index (χ4v) is 4.40. The molecule has 0 bridgehead atoms. The molecule has 1 unspecified atom stereocenters. The molecule has 0 radical (unpaired) electrons. The second-order valence-electron chi connectivity index (χ2n) is 8.26. The van der Waals surface area contributed by atoms with Crippen LogP contribution in [0.1, 0.15) is 44.2 Å². The van der Waals surface area contributed by atoms with Gasteiger partial charge in [-0.25, -0.2) is 9.37 Å². The zero-order valence-electron chi connectivity index (χ0n) is 18.4. The molecule has 1 aliphatic rings. The van der Waals surface area contributed by atoms with Gasteiger partial charge in [-0.15, -0.1) is 0 Å². The predicted octanol–water partition coefficient (Wildman–Crippen LogP) is 6.02. The Morgan fingerprint density at radius 1 is 1.21 bits per heavy atom. The summed E-state index contributed by atoms with van der Waals surface area (Å²) in [6.07, 6.45) is 4.87. The molecule has 4 aromatic rings. The van der Waals surface area contributed by atoms with Crippen LogP contribution in [0.25, 0.3) is 22.6 Å². The summed E-state index contributed by atoms with van der Waals surface area (Å²) in [5.41, 5.74) is 3.26. The normalized spacial score (nSPS) is 15.8. The molecule has 6 nitrogen and oxygen atoms in total. The number of ether oxygens (including phenoxy) is 1. The molecule has 1 N–H and O–H groups in total. The van der Waals surface area contributed by atoms with Gasteiger partial charge in [-0.2, -0.15) is 0 Å². The lowest BCUT2D eigenvalue weighted by atomic mass is 10.0. The largest absolute Gasteiger partial charge is 0.457 e. The summed E-state index contributed by atoms with van der Waals surface area (Å²) >= 11 is 0. The van der Waals surface area contributed by atoms with Crippen LogP contribution in [0.15, 0.2) is 60.8 Å². The Balaban J connectivity index is 1.59. The molecular weight excluding hydrogens is 419 g/mol. The summed E-state index contributed by atoms with van der Waals surface area (Å²) in [5, 5.41) is 0. The minimum atomic E-state index is -0.322. The Hall–Kier alpha value is -3.74. The number of likely N-dealkylation sites (tertiary alicyclic amines) is 1. The van der Waals surface area contributed by atoms with E-state index in [1.165, 1.54) is 12.1 Å². The van der Waals surface area contributed by atoms with E-state index >= 15 is 0 Å². The van der Waals surface area contributed by atoms with Gasteiger partial charge in [0.1, 0.15) is 23.0 Å². The van der Waals surface area contributed by atoms with Crippen molar-refractivity contribution >= 4 is 16.9 Å². The Morgan fingerprint density at radius 3 is 2.82 bits per heavy atom. The number of amides is 1. The lowest BCUT2D eigenvalue weighted by Gasteiger charge is -2.26. The number of aromatic nitrogens is 3. The lowest BCUT2D eigenvalue weighted by molar-refractivity contribution is -0.132. The van der Waals surface area contributed by atoms with Crippen LogP contribution in [0.2, 0.25) is 0 Å². The van der Waals surface area contributed by atoms with E-state index in [0.717, 1.165) is 48.1 Å². The fraction of sp³-hybridized carbons (Fsp3) is 0.269. The topological polar surface area (TPSA) is 71.1 Å². The number of carbonyl (C=O) groups excluding carboxylic acids is 1. The second kappa shape index (κ2) is 9.02. The number of fused-ring (bicyclic) bond motifs is 1. The number of nitrogens with one attached hydrogen (secondary N) is 1. The molecule has 0 aliphatic carbocycles. The van der Waals surface area contributed by atoms with Crippen molar-refractivity contribution in [3.8, 4) is 23.0 Å². The molecule has 3 heterocycles. The molecule has 1 aliphatic heterocycles. The minimum absolute atomic E-state index is 0.0782. The highest BCUT2D eigenvalue weighted by atomic mass is 19.1. The van der Waals surface area contributed by atoms with Crippen molar-refractivity contribution in [2.75, 3.05) is 6.54 Å². The lowest BCUT2D eigenvalue weighted by Crippen LogP contribution is -2.30. The van der Waals surface area contributed by atoms with Crippen molar-refractivity contribution in [1.82, 2.24) is 19.9 Å². The number of halogens is 1. The van der Waals surface area contributed by atoms with Gasteiger partial charge in [0.05, 0.1) is 17.1 Å². The van der Waals surface area contributed by atoms with E-state index in [2.05, 4.69) is 9.97 Å². The number of carbonyl (C=O) groups is 1. The first-order chi connectivity index (χ1) is 16.1. The zero-order valence-corrected chi connectivity index (χ0v) is 18.4. The minimum Gasteiger partial charge on any atom is -0.457 e. The summed E-state index contributed by atoms with van der Waals surface area (Å²) in [6.45, 7) is 2.75. The summed E-state index contributed by atoms with van der Waals surface area (Å²) < 4.78 is 19.6. The monoisotopic (exact) mass is 444 g/mol. The van der Waals surface area contributed by atoms with Crippen LogP contribution < -0.4 is 4.74 Å². The Bertz CT molecular complexity index is 1270. The Kier molecular flexibility index (Phi) is 5.77. The number of pyridine rings is 1. The van der Waals surface area contributed by atoms with Crippen LogP contribution in [0, 0.1) is 5.82 Å². The van der Waals surface area contributed by atoms with Crippen molar-refractivity contribution in [2.45, 2.75) is 38.6 Å². The number of hydrogen-bond acceptors (Lipinski definition) is 4. The van der Waals surface area contributed by atoms with Gasteiger partial charge in [0.25, 0.3) is 0 Å². The van der Waals surface area contributed by atoms with E-state index in [1.54, 1.807) is 18.3 Å². The van der Waals surface area contributed by atoms with E-state index < -0.39 is 0 Å². The molecule has 7 heteroatoms. The van der Waals surface area contributed by atoms with E-state index in [1.807, 2.05) is 42.2 Å². The van der Waals surface area contributed by atoms with Crippen molar-refractivity contribution in [1.29, 1.82) is 0 Å². The van der Waals surface area contributed by atoms with Crippen molar-refractivity contribution in [3.63, 3.8) is 0 Å². The molecule has 0 saturated carbocycles. The first kappa shape index (κ1) is 21.1. The van der Waals surface area contributed by atoms with Crippen LogP contribution >= 0.6 is 0 Å². The average Bonchev–Trinajstić information content (AvgIpc) is 3.48. The molecule has 1 amide bonds. The number of rotatable bonds is 6. The fourth-order valence-electron chi connectivity index (χ4n) is 4.40. The van der Waals surface area contributed by atoms with E-state index in [9.17, 15) is 9.18 Å². The first-order valence-electron chi connectivity index (χ1n) is 11.3. The number of hydrogen-bond donors (Lipinski definition) is 1. The second-order valence-corrected chi connectivity index (χ2v) is 8.26. The number of aromatic amines is 1. The molecule has 2 aromatic carbocycles. The van der Waals surface area contributed by atoms with Crippen LogP contribution in [0.3, 0.4) is 0 Å². The third-order valence-corrected chi connectivity index (χ3v) is 5.96. The van der Waals surface area contributed by atoms with Crippen LogP contribution in [-0.2, 0) is 4.79 Å². The average molecular weight is 445 g/mol. The van der Waals surface area contributed by atoms with Crippen LogP contribution in [0.5, 0.6) is 11.5 Å². The first-order valence-corrected chi connectivity index (χ1v) is 11.3. The number of H-pyrrole nitrogens is 1. The Labute approximate surface area is 191 Å². The maximum Gasteiger partial charge on any atom is 0.223 e. The highest BCUT2D eigenvalue weighted by molar-refractivity contribution is 5.83. The summed E-state index contributed by atoms with van der Waals surface area (Å²) in [4.78, 5) is 27.2. The highest BCUT2D eigenvalue weighted by Crippen LogP contribution is 2.41. The van der Waals surface area contributed by atoms with E-state index in [4.69, 9.17) is 9.72 Å². The predicted molar refractivity (Wildman–Crippen MR) is 124 cm³/mol. The number of nitrogens with zero attached hydrogens (tertiary/aromatic N) is 3. The maximum atomic E-state index is 13.4. The number of imidazole rings is 1. The molecule has 1 fully saturated rings. The molecule has 1 atom stereocenters. The molecule has 0 spiro atoms. The summed E-state index contributed by atoms with van der Waals surface area (Å²) in [6, 6.07) is 15.4. The quantitative estimate of drug-likeness (QED) is 0.395. The van der Waals surface area contributed by atoms with E-state index in [0.29, 0.717) is 23.7 Å². The van der Waals surface area contributed by atoms with Gasteiger partial charge in [-0.1, -0.05) is 13.0 Å². The van der Waals surface area contributed by atoms with Crippen molar-refractivity contribution in [2.24, 2.45) is 0 Å². The number of benzene rings is 2. The summed E-state index contributed by atoms with van der Waals surface area (Å²) in [5.74, 6) is 1.65. The maximum absolute atomic E-state index is 13.4. The molecule has 33 heavy (non-hydrogen) atoms. The van der Waals surface area contributed by atoms with Crippen molar-refractivity contribution < 1.29 is 13.9 Å². The molecule has 1 saturated heterocycles. The van der Waals surface area contributed by atoms with Gasteiger partial charge in [-0.05, 0) is 61.7 Å². The van der Waals surface area contributed by atoms with E-state index in [-0.39, 0.29) is 17.8 Å². The van der Waals surface area contributed by atoms with Gasteiger partial charge >= 0.3 is 0 Å². The smallest absolute Gasteiger partial charge is 0.223 e. The Morgan fingerprint density at radius 2 is 2.06 bits per heavy atom. The van der Waals surface area contributed by atoms with Crippen LogP contribution in [0.4, 0.5) is 4.39 Å². The third kappa shape index (κ3) is 4.31. The SMILES string of the molecule is CCCC(=O)N1CCCC1c1cc2[nH]c(-c3ccccn3)nc2cc1Oc1ccc(F)cc1. The molecule has 2 aromatic heterocycles. The van der Waals surface area contributed by atoms with Gasteiger partial charge < -0.3 is 14.6 Å². The highest BCUT2D eigenvalue weighted by Gasteiger charge is 2.32. The zero-order chi connectivity index (χ0) is 22.8. The third-order valence-electron chi connectivity index (χ3n) is 5.96. The van der Waals surface area contributed by atoms with Crippen LogP contribution in [-0.4, -0.2) is 32.3 Å². The standard InChI is InChI=1S/C26H25FN4O2/c1-2-6-25(32)31-14-5-8-23(31)19-15-21-22(30-26(29-21)20-7-3-4-13-28-20)16-24(19)33-18-11-9-17(27)10-12-18/h3-4,7,9-13,15-16,23H,2,5-6,8,14H2,1H3,(H,29,30). The molecular formula is C26H25FN4O2. The van der Waals surface area contributed by atoms with Gasteiger partial charge in [-0.3, -0.25) is 9.78 Å². The van der Waals surface area contributed by atoms with Gasteiger partial charge in [0, 0.05) is 30.8 Å². The molecule has 168 valence electrons. The van der Waals surface area contributed by atoms with Crippen molar-refractivity contribution in [3.05, 3.63) is 72.2 Å². The summed E-state index contributed by atoms with van der Waals surface area (Å²) in [7, 11) is 0.